The van der Waals surface area contributed by atoms with E-state index in [0.717, 1.165) is 47.0 Å². The van der Waals surface area contributed by atoms with E-state index in [1.807, 2.05) is 29.0 Å². The summed E-state index contributed by atoms with van der Waals surface area (Å²) in [4.78, 5) is 24.4. The van der Waals surface area contributed by atoms with Crippen molar-refractivity contribution >= 4 is 44.1 Å². The molecule has 1 amide bonds. The third kappa shape index (κ3) is 3.07. The molecule has 4 rings (SSSR count). The summed E-state index contributed by atoms with van der Waals surface area (Å²) in [7, 11) is 0. The van der Waals surface area contributed by atoms with Gasteiger partial charge in [-0.15, -0.1) is 0 Å². The number of rotatable bonds is 3. The topological polar surface area (TPSA) is 58.1 Å². The molecule has 1 N–H and O–H groups in total. The van der Waals surface area contributed by atoms with E-state index >= 15 is 0 Å². The van der Waals surface area contributed by atoms with E-state index in [1.54, 1.807) is 28.9 Å². The number of carbonyl (C=O) groups excluding carboxylic acids is 1. The number of pyridine rings is 1. The molecule has 5 nitrogen and oxygen atoms in total. The van der Waals surface area contributed by atoms with Gasteiger partial charge in [-0.2, -0.15) is 11.3 Å². The maximum absolute atomic E-state index is 12.1. The van der Waals surface area contributed by atoms with Gasteiger partial charge in [0.2, 0.25) is 0 Å². The molecule has 0 unspecified atom stereocenters. The summed E-state index contributed by atoms with van der Waals surface area (Å²) >= 11 is 3.18. The maximum Gasteiger partial charge on any atom is 0.252 e. The fraction of sp³-hybridized carbons (Fsp3) is 0.312. The number of piperidine rings is 1. The van der Waals surface area contributed by atoms with Gasteiger partial charge in [0, 0.05) is 36.3 Å². The van der Waals surface area contributed by atoms with E-state index in [-0.39, 0.29) is 11.9 Å². The van der Waals surface area contributed by atoms with Gasteiger partial charge in [-0.25, -0.2) is 9.97 Å². The number of carbonyl (C=O) groups is 1. The molecule has 0 saturated carbocycles. The molecule has 118 valence electrons. The van der Waals surface area contributed by atoms with Gasteiger partial charge in [-0.3, -0.25) is 4.79 Å². The highest BCUT2D eigenvalue weighted by molar-refractivity contribution is 7.21. The van der Waals surface area contributed by atoms with Crippen LogP contribution in [0.4, 0.5) is 5.13 Å². The minimum atomic E-state index is 0.0360. The van der Waals surface area contributed by atoms with Gasteiger partial charge >= 0.3 is 0 Å². The Labute approximate surface area is 142 Å². The fourth-order valence-corrected chi connectivity index (χ4v) is 4.37. The summed E-state index contributed by atoms with van der Waals surface area (Å²) in [5.74, 6) is 0.0360. The van der Waals surface area contributed by atoms with Crippen LogP contribution in [0.2, 0.25) is 0 Å². The predicted molar refractivity (Wildman–Crippen MR) is 94.4 cm³/mol. The number of amides is 1. The molecular formula is C16H16N4OS2. The van der Waals surface area contributed by atoms with Crippen LogP contribution in [0.15, 0.2) is 35.2 Å². The Morgan fingerprint density at radius 1 is 1.30 bits per heavy atom. The molecule has 0 spiro atoms. The van der Waals surface area contributed by atoms with Gasteiger partial charge in [0.05, 0.1) is 0 Å². The molecular weight excluding hydrogens is 328 g/mol. The Hall–Kier alpha value is -1.99. The SMILES string of the molecule is O=C(NC1CCN(c2nc3cccnc3s2)CC1)c1ccsc1. The second kappa shape index (κ2) is 6.25. The van der Waals surface area contributed by atoms with E-state index in [9.17, 15) is 4.79 Å². The number of thiazole rings is 1. The second-order valence-corrected chi connectivity index (χ2v) is 7.31. The van der Waals surface area contributed by atoms with Crippen molar-refractivity contribution < 1.29 is 4.79 Å². The van der Waals surface area contributed by atoms with Crippen LogP contribution in [-0.4, -0.2) is 35.0 Å². The van der Waals surface area contributed by atoms with Crippen LogP contribution in [0.1, 0.15) is 23.2 Å². The molecule has 4 heterocycles. The van der Waals surface area contributed by atoms with Crippen molar-refractivity contribution in [3.05, 3.63) is 40.7 Å². The lowest BCUT2D eigenvalue weighted by atomic mass is 10.1. The molecule has 1 fully saturated rings. The highest BCUT2D eigenvalue weighted by Crippen LogP contribution is 2.29. The van der Waals surface area contributed by atoms with Crippen LogP contribution in [0.5, 0.6) is 0 Å². The molecule has 1 aliphatic rings. The van der Waals surface area contributed by atoms with Gasteiger partial charge < -0.3 is 10.2 Å². The van der Waals surface area contributed by atoms with Crippen LogP contribution >= 0.6 is 22.7 Å². The number of thiophene rings is 1. The summed E-state index contributed by atoms with van der Waals surface area (Å²) in [6.45, 7) is 1.82. The zero-order valence-corrected chi connectivity index (χ0v) is 14.1. The molecule has 0 atom stereocenters. The van der Waals surface area contributed by atoms with Gasteiger partial charge in [0.25, 0.3) is 5.91 Å². The molecule has 0 radical (unpaired) electrons. The highest BCUT2D eigenvalue weighted by atomic mass is 32.1. The lowest BCUT2D eigenvalue weighted by molar-refractivity contribution is 0.0931. The van der Waals surface area contributed by atoms with E-state index in [0.29, 0.717) is 0 Å². The van der Waals surface area contributed by atoms with Crippen LogP contribution in [0, 0.1) is 0 Å². The van der Waals surface area contributed by atoms with Crippen LogP contribution < -0.4 is 10.2 Å². The third-order valence-electron chi connectivity index (χ3n) is 4.04. The lowest BCUT2D eigenvalue weighted by Crippen LogP contribution is -2.44. The zero-order valence-electron chi connectivity index (χ0n) is 12.4. The lowest BCUT2D eigenvalue weighted by Gasteiger charge is -2.32. The van der Waals surface area contributed by atoms with Crippen molar-refractivity contribution in [2.75, 3.05) is 18.0 Å². The average molecular weight is 344 g/mol. The molecule has 1 aliphatic heterocycles. The molecule has 23 heavy (non-hydrogen) atoms. The average Bonchev–Trinajstić information content (AvgIpc) is 3.25. The number of nitrogens with zero attached hydrogens (tertiary/aromatic N) is 3. The van der Waals surface area contributed by atoms with Gasteiger partial charge in [-0.05, 0) is 36.4 Å². The first-order valence-electron chi connectivity index (χ1n) is 7.59. The predicted octanol–water partition coefficient (Wildman–Crippen LogP) is 3.15. The standard InChI is InChI=1S/C16H16N4OS2/c21-14(11-5-9-22-10-11)18-12-3-7-20(8-4-12)16-19-13-2-1-6-17-15(13)23-16/h1-2,5-6,9-10,12H,3-4,7-8H2,(H,18,21). The molecule has 0 aliphatic carbocycles. The summed E-state index contributed by atoms with van der Waals surface area (Å²) in [5, 5.41) is 7.98. The van der Waals surface area contributed by atoms with Crippen molar-refractivity contribution in [1.82, 2.24) is 15.3 Å². The first kappa shape index (κ1) is 14.6. The Kier molecular flexibility index (Phi) is 3.97. The van der Waals surface area contributed by atoms with Crippen LogP contribution in [-0.2, 0) is 0 Å². The van der Waals surface area contributed by atoms with Crippen molar-refractivity contribution in [3.8, 4) is 0 Å². The summed E-state index contributed by atoms with van der Waals surface area (Å²) < 4.78 is 0. The maximum atomic E-state index is 12.1. The number of nitrogens with one attached hydrogen (secondary N) is 1. The van der Waals surface area contributed by atoms with Crippen LogP contribution in [0.3, 0.4) is 0 Å². The van der Waals surface area contributed by atoms with Crippen molar-refractivity contribution in [2.45, 2.75) is 18.9 Å². The van der Waals surface area contributed by atoms with E-state index in [2.05, 4.69) is 20.2 Å². The van der Waals surface area contributed by atoms with E-state index in [1.165, 1.54) is 0 Å². The quantitative estimate of drug-likeness (QED) is 0.793. The highest BCUT2D eigenvalue weighted by Gasteiger charge is 2.23. The molecule has 3 aromatic rings. The van der Waals surface area contributed by atoms with Crippen molar-refractivity contribution in [1.29, 1.82) is 0 Å². The smallest absolute Gasteiger partial charge is 0.252 e. The Morgan fingerprint density at radius 2 is 2.17 bits per heavy atom. The third-order valence-corrected chi connectivity index (χ3v) is 5.76. The minimum absolute atomic E-state index is 0.0360. The van der Waals surface area contributed by atoms with Gasteiger partial charge in [-0.1, -0.05) is 11.3 Å². The number of anilines is 1. The summed E-state index contributed by atoms with van der Waals surface area (Å²) in [6.07, 6.45) is 3.69. The normalized spacial score (nSPS) is 15.9. The van der Waals surface area contributed by atoms with E-state index in [4.69, 9.17) is 0 Å². The van der Waals surface area contributed by atoms with Crippen molar-refractivity contribution in [2.24, 2.45) is 0 Å². The Morgan fingerprint density at radius 3 is 2.91 bits per heavy atom. The number of fused-ring (bicyclic) bond motifs is 1. The number of hydrogen-bond acceptors (Lipinski definition) is 6. The summed E-state index contributed by atoms with van der Waals surface area (Å²) in [5.41, 5.74) is 1.72. The molecule has 3 aromatic heterocycles. The Balaban J connectivity index is 1.38. The van der Waals surface area contributed by atoms with Gasteiger partial charge in [0.1, 0.15) is 10.3 Å². The minimum Gasteiger partial charge on any atom is -0.349 e. The molecule has 0 aromatic carbocycles. The second-order valence-electron chi connectivity index (χ2n) is 5.57. The molecule has 0 bridgehead atoms. The van der Waals surface area contributed by atoms with Crippen molar-refractivity contribution in [3.63, 3.8) is 0 Å². The Bertz CT molecular complexity index is 773. The summed E-state index contributed by atoms with van der Waals surface area (Å²) in [6, 6.07) is 6.02. The molecule has 1 saturated heterocycles. The first-order valence-corrected chi connectivity index (χ1v) is 9.35. The fourth-order valence-electron chi connectivity index (χ4n) is 2.77. The van der Waals surface area contributed by atoms with E-state index < -0.39 is 0 Å². The monoisotopic (exact) mass is 344 g/mol. The van der Waals surface area contributed by atoms with Crippen LogP contribution in [0.25, 0.3) is 10.3 Å². The zero-order chi connectivity index (χ0) is 15.6. The first-order chi connectivity index (χ1) is 11.3. The van der Waals surface area contributed by atoms with Gasteiger partial charge in [0.15, 0.2) is 5.13 Å². The largest absolute Gasteiger partial charge is 0.349 e. The number of aromatic nitrogens is 2. The number of hydrogen-bond donors (Lipinski definition) is 1. The molecule has 7 heteroatoms.